The van der Waals surface area contributed by atoms with Crippen LogP contribution in [0, 0.1) is 24.4 Å². The number of ether oxygens (including phenoxy) is 1. The Hall–Kier alpha value is -3.83. The van der Waals surface area contributed by atoms with Crippen LogP contribution in [0.5, 0.6) is 0 Å². The summed E-state index contributed by atoms with van der Waals surface area (Å²) in [5, 5.41) is 2.97. The van der Waals surface area contributed by atoms with E-state index >= 15 is 0 Å². The second-order valence-corrected chi connectivity index (χ2v) is 12.6. The van der Waals surface area contributed by atoms with Gasteiger partial charge in [-0.3, -0.25) is 14.6 Å². The summed E-state index contributed by atoms with van der Waals surface area (Å²) in [4.78, 5) is 33.2. The molecular formula is C35H43F3N4O3S. The largest absolute Gasteiger partial charge is 0.469 e. The first-order valence-electron chi connectivity index (χ1n) is 15.1. The van der Waals surface area contributed by atoms with Gasteiger partial charge in [-0.15, -0.1) is 0 Å². The number of esters is 1. The van der Waals surface area contributed by atoms with Gasteiger partial charge in [-0.1, -0.05) is 50.8 Å². The molecule has 0 aliphatic heterocycles. The van der Waals surface area contributed by atoms with Crippen molar-refractivity contribution in [3.05, 3.63) is 87.5 Å². The van der Waals surface area contributed by atoms with Gasteiger partial charge in [0.25, 0.3) is 0 Å². The van der Waals surface area contributed by atoms with Crippen molar-refractivity contribution >= 4 is 30.2 Å². The SMILES string of the molecule is C=Cc1cc(-c2c(C)cccc2C)cc([C@H](CC(=O)OC)NC(=O)C(CC(C)C)n2cc(CCN(C)C)c(C(F)(F)F)cc2=S)n1. The number of hydrogen-bond donors (Lipinski definition) is 1. The van der Waals surface area contributed by atoms with E-state index in [-0.39, 0.29) is 35.4 Å². The molecule has 1 unspecified atom stereocenters. The van der Waals surface area contributed by atoms with Gasteiger partial charge in [0.2, 0.25) is 5.91 Å². The summed E-state index contributed by atoms with van der Waals surface area (Å²) in [6.07, 6.45) is -1.48. The van der Waals surface area contributed by atoms with Gasteiger partial charge in [0.15, 0.2) is 0 Å². The number of aryl methyl sites for hydroxylation is 2. The fourth-order valence-corrected chi connectivity index (χ4v) is 5.75. The normalized spacial score (nSPS) is 13.0. The number of alkyl halides is 3. The highest BCUT2D eigenvalue weighted by atomic mass is 32.1. The Balaban J connectivity index is 2.15. The first kappa shape index (κ1) is 36.6. The molecule has 0 bridgehead atoms. The van der Waals surface area contributed by atoms with Crippen molar-refractivity contribution in [3.8, 4) is 11.1 Å². The Labute approximate surface area is 274 Å². The third kappa shape index (κ3) is 9.35. The minimum Gasteiger partial charge on any atom is -0.469 e. The minimum atomic E-state index is -4.61. The lowest BCUT2D eigenvalue weighted by atomic mass is 9.94. The van der Waals surface area contributed by atoms with Gasteiger partial charge in [0.1, 0.15) is 10.7 Å². The fourth-order valence-electron chi connectivity index (χ4n) is 5.45. The highest BCUT2D eigenvalue weighted by molar-refractivity contribution is 7.71. The number of nitrogens with zero attached hydrogens (tertiary/aromatic N) is 3. The summed E-state index contributed by atoms with van der Waals surface area (Å²) < 4.78 is 48.4. The average Bonchev–Trinajstić information content (AvgIpc) is 2.97. The molecule has 3 aromatic rings. The standard InChI is InChI=1S/C35H43F3N4O3S/c1-9-26-16-25(33-22(4)11-10-12-23(33)5)17-28(39-26)29(19-32(43)45-8)40-34(44)30(15-21(2)3)42-20-24(13-14-41(6)7)27(18-31(42)46)35(36,37)38/h9-12,16-18,20-21,29-30H,1,13-15,19H2,2-8H3,(H,40,44)/t29-,30?/m0/s1. The van der Waals surface area contributed by atoms with Gasteiger partial charge in [0.05, 0.1) is 36.5 Å². The van der Waals surface area contributed by atoms with E-state index in [0.717, 1.165) is 28.3 Å². The zero-order valence-corrected chi connectivity index (χ0v) is 28.3. The van der Waals surface area contributed by atoms with Crippen molar-refractivity contribution in [2.24, 2.45) is 5.92 Å². The van der Waals surface area contributed by atoms with Crippen molar-refractivity contribution in [1.82, 2.24) is 19.8 Å². The van der Waals surface area contributed by atoms with Gasteiger partial charge in [-0.05, 0) is 98.8 Å². The maximum atomic E-state index is 14.2. The predicted octanol–water partition coefficient (Wildman–Crippen LogP) is 7.67. The minimum absolute atomic E-state index is 0.0120. The number of rotatable bonds is 13. The molecule has 2 aromatic heterocycles. The third-order valence-electron chi connectivity index (χ3n) is 7.75. The zero-order chi connectivity index (χ0) is 34.3. The lowest BCUT2D eigenvalue weighted by molar-refractivity contribution is -0.141. The van der Waals surface area contributed by atoms with Crippen molar-refractivity contribution in [1.29, 1.82) is 0 Å². The Kier molecular flexibility index (Phi) is 12.5. The molecule has 3 rings (SSSR count). The molecule has 7 nitrogen and oxygen atoms in total. The number of aromatic nitrogens is 2. The van der Waals surface area contributed by atoms with Crippen LogP contribution < -0.4 is 5.32 Å². The maximum absolute atomic E-state index is 14.2. The van der Waals surface area contributed by atoms with Gasteiger partial charge in [-0.25, -0.2) is 0 Å². The summed E-state index contributed by atoms with van der Waals surface area (Å²) in [7, 11) is 4.82. The Morgan fingerprint density at radius 2 is 1.80 bits per heavy atom. The molecular weight excluding hydrogens is 613 g/mol. The molecule has 1 amide bonds. The van der Waals surface area contributed by atoms with Gasteiger partial charge in [-0.2, -0.15) is 13.2 Å². The summed E-state index contributed by atoms with van der Waals surface area (Å²) in [6, 6.07) is 8.76. The molecule has 0 aliphatic rings. The van der Waals surface area contributed by atoms with Crippen LogP contribution in [0.25, 0.3) is 17.2 Å². The number of carbonyl (C=O) groups is 2. The predicted molar refractivity (Wildman–Crippen MR) is 178 cm³/mol. The van der Waals surface area contributed by atoms with Crippen LogP contribution in [0.2, 0.25) is 0 Å². The molecule has 0 spiro atoms. The summed E-state index contributed by atoms with van der Waals surface area (Å²) in [5.41, 5.74) is 4.12. The lowest BCUT2D eigenvalue weighted by Crippen LogP contribution is -2.38. The first-order valence-corrected chi connectivity index (χ1v) is 15.5. The molecule has 0 radical (unpaired) electrons. The molecule has 2 atom stereocenters. The summed E-state index contributed by atoms with van der Waals surface area (Å²) in [5.74, 6) is -1.08. The van der Waals surface area contributed by atoms with Gasteiger partial charge >= 0.3 is 12.1 Å². The zero-order valence-electron chi connectivity index (χ0n) is 27.5. The number of benzene rings is 1. The number of carbonyl (C=O) groups excluding carboxylic acids is 2. The van der Waals surface area contributed by atoms with Crippen LogP contribution in [-0.4, -0.2) is 54.1 Å². The number of amides is 1. The number of nitrogens with one attached hydrogen (secondary N) is 1. The summed E-state index contributed by atoms with van der Waals surface area (Å²) in [6.45, 7) is 12.1. The first-order chi connectivity index (χ1) is 21.5. The molecule has 1 aromatic carbocycles. The van der Waals surface area contributed by atoms with Crippen LogP contribution in [0.1, 0.15) is 72.4 Å². The Morgan fingerprint density at radius 3 is 2.35 bits per heavy atom. The number of methoxy groups -OCH3 is 1. The second kappa shape index (κ2) is 15.6. The van der Waals surface area contributed by atoms with Gasteiger partial charge < -0.3 is 19.5 Å². The smallest absolute Gasteiger partial charge is 0.416 e. The van der Waals surface area contributed by atoms with Crippen molar-refractivity contribution in [3.63, 3.8) is 0 Å². The van der Waals surface area contributed by atoms with E-state index in [4.69, 9.17) is 17.0 Å². The molecule has 2 heterocycles. The molecule has 1 N–H and O–H groups in total. The van der Waals surface area contributed by atoms with Crippen LogP contribution in [0.4, 0.5) is 13.2 Å². The summed E-state index contributed by atoms with van der Waals surface area (Å²) >= 11 is 5.45. The van der Waals surface area contributed by atoms with Crippen LogP contribution in [0.15, 0.2) is 49.2 Å². The Bertz CT molecular complexity index is 1610. The highest BCUT2D eigenvalue weighted by Gasteiger charge is 2.35. The van der Waals surface area contributed by atoms with Crippen molar-refractivity contribution < 1.29 is 27.5 Å². The van der Waals surface area contributed by atoms with E-state index in [9.17, 15) is 22.8 Å². The van der Waals surface area contributed by atoms with Crippen LogP contribution in [-0.2, 0) is 26.9 Å². The average molecular weight is 657 g/mol. The van der Waals surface area contributed by atoms with E-state index in [0.29, 0.717) is 17.9 Å². The number of halogens is 3. The topological polar surface area (TPSA) is 76.5 Å². The molecule has 0 saturated carbocycles. The fraction of sp³-hybridized carbons (Fsp3) is 0.429. The number of pyridine rings is 2. The third-order valence-corrected chi connectivity index (χ3v) is 8.07. The van der Waals surface area contributed by atoms with Crippen LogP contribution >= 0.6 is 12.2 Å². The van der Waals surface area contributed by atoms with E-state index in [1.807, 2.05) is 58.0 Å². The number of likely N-dealkylation sites (N-methyl/N-ethyl adjacent to an activating group) is 1. The molecule has 0 aliphatic carbocycles. The Morgan fingerprint density at radius 1 is 1.15 bits per heavy atom. The quantitative estimate of drug-likeness (QED) is 0.150. The maximum Gasteiger partial charge on any atom is 0.416 e. The molecule has 0 saturated heterocycles. The molecule has 46 heavy (non-hydrogen) atoms. The van der Waals surface area contributed by atoms with E-state index in [2.05, 4.69) is 16.9 Å². The van der Waals surface area contributed by atoms with Crippen LogP contribution in [0.3, 0.4) is 0 Å². The van der Waals surface area contributed by atoms with E-state index in [1.54, 1.807) is 25.1 Å². The van der Waals surface area contributed by atoms with E-state index < -0.39 is 35.7 Å². The lowest BCUT2D eigenvalue weighted by Gasteiger charge is -2.27. The molecule has 0 fully saturated rings. The molecule has 248 valence electrons. The van der Waals surface area contributed by atoms with E-state index in [1.165, 1.54) is 17.9 Å². The van der Waals surface area contributed by atoms with Gasteiger partial charge in [0, 0.05) is 12.7 Å². The number of hydrogen-bond acceptors (Lipinski definition) is 6. The monoisotopic (exact) mass is 656 g/mol. The van der Waals surface area contributed by atoms with Crippen molar-refractivity contribution in [2.45, 2.75) is 65.2 Å². The second-order valence-electron chi connectivity index (χ2n) is 12.2. The molecule has 11 heteroatoms. The van der Waals surface area contributed by atoms with Crippen molar-refractivity contribution in [2.75, 3.05) is 27.7 Å². The highest BCUT2D eigenvalue weighted by Crippen LogP contribution is 2.35.